The Morgan fingerprint density at radius 1 is 0.882 bits per heavy atom. The number of carboxylic acids is 2. The molecule has 2 aromatic heterocycles. The number of aliphatic carboxylic acids is 2. The maximum absolute atomic E-state index is 12.6. The zero-order chi connectivity index (χ0) is 24.9. The van der Waals surface area contributed by atoms with E-state index in [0.717, 1.165) is 31.0 Å². The molecule has 178 valence electrons. The molecular weight excluding hydrogens is 438 g/mol. The standard InChI is InChI=1S/C22H25N5O.C2H2O4/c1-26(2)15-8-16-27(19-10-4-3-5-11-19)21-20(12-7-14-24-21)25-22(28)18-9-6-13-23-17-18;3-1(4)2(5)6/h3-7,9-14,17H,8,15-16H2,1-2H3,(H,25,28);(H,3,4)(H,5,6). The minimum Gasteiger partial charge on any atom is -0.473 e. The Morgan fingerprint density at radius 2 is 1.56 bits per heavy atom. The number of pyridine rings is 2. The van der Waals surface area contributed by atoms with Gasteiger partial charge in [-0.2, -0.15) is 0 Å². The van der Waals surface area contributed by atoms with E-state index in [4.69, 9.17) is 19.8 Å². The summed E-state index contributed by atoms with van der Waals surface area (Å²) in [6, 6.07) is 17.3. The average molecular weight is 466 g/mol. The van der Waals surface area contributed by atoms with Crippen LogP contribution in [0.15, 0.2) is 73.2 Å². The maximum Gasteiger partial charge on any atom is 0.414 e. The largest absolute Gasteiger partial charge is 0.473 e. The fourth-order valence-corrected chi connectivity index (χ4v) is 2.91. The quantitative estimate of drug-likeness (QED) is 0.429. The lowest BCUT2D eigenvalue weighted by Gasteiger charge is -2.26. The molecular formula is C24H27N5O5. The van der Waals surface area contributed by atoms with Gasteiger partial charge in [0.1, 0.15) is 0 Å². The molecule has 0 unspecified atom stereocenters. The van der Waals surface area contributed by atoms with Crippen LogP contribution in [0.25, 0.3) is 0 Å². The predicted molar refractivity (Wildman–Crippen MR) is 128 cm³/mol. The van der Waals surface area contributed by atoms with Crippen molar-refractivity contribution in [3.63, 3.8) is 0 Å². The molecule has 0 fully saturated rings. The summed E-state index contributed by atoms with van der Waals surface area (Å²) in [4.78, 5) is 43.7. The molecule has 0 bridgehead atoms. The summed E-state index contributed by atoms with van der Waals surface area (Å²) in [7, 11) is 4.13. The highest BCUT2D eigenvalue weighted by molar-refractivity contribution is 6.27. The number of amides is 1. The third-order valence-electron chi connectivity index (χ3n) is 4.45. The summed E-state index contributed by atoms with van der Waals surface area (Å²) >= 11 is 0. The molecule has 0 radical (unpaired) electrons. The van der Waals surface area contributed by atoms with E-state index in [0.29, 0.717) is 11.3 Å². The Kier molecular flexibility index (Phi) is 10.1. The predicted octanol–water partition coefficient (Wildman–Crippen LogP) is 2.97. The zero-order valence-electron chi connectivity index (χ0n) is 19.0. The third kappa shape index (κ3) is 8.32. The SMILES string of the molecule is CN(C)CCCN(c1ccccc1)c1ncccc1NC(=O)c1cccnc1.O=C(O)C(=O)O. The van der Waals surface area contributed by atoms with Crippen LogP contribution in [-0.2, 0) is 9.59 Å². The third-order valence-corrected chi connectivity index (χ3v) is 4.45. The van der Waals surface area contributed by atoms with Gasteiger partial charge in [0.25, 0.3) is 5.91 Å². The van der Waals surface area contributed by atoms with Crippen LogP contribution >= 0.6 is 0 Å². The Bertz CT molecular complexity index is 1070. The highest BCUT2D eigenvalue weighted by Crippen LogP contribution is 2.30. The number of hydrogen-bond acceptors (Lipinski definition) is 7. The van der Waals surface area contributed by atoms with Gasteiger partial charge in [-0.1, -0.05) is 18.2 Å². The van der Waals surface area contributed by atoms with Gasteiger partial charge in [-0.25, -0.2) is 14.6 Å². The number of rotatable bonds is 8. The topological polar surface area (TPSA) is 136 Å². The van der Waals surface area contributed by atoms with E-state index in [2.05, 4.69) is 51.3 Å². The molecule has 34 heavy (non-hydrogen) atoms. The second-order valence-electron chi connectivity index (χ2n) is 7.32. The molecule has 1 amide bonds. The van der Waals surface area contributed by atoms with Gasteiger partial charge in [-0.15, -0.1) is 0 Å². The smallest absolute Gasteiger partial charge is 0.414 e. The average Bonchev–Trinajstić information content (AvgIpc) is 2.84. The second kappa shape index (κ2) is 13.3. The van der Waals surface area contributed by atoms with Gasteiger partial charge >= 0.3 is 11.9 Å². The number of carbonyl (C=O) groups is 3. The first-order chi connectivity index (χ1) is 16.3. The first-order valence-corrected chi connectivity index (χ1v) is 10.4. The molecule has 3 aromatic rings. The normalized spacial score (nSPS) is 10.1. The summed E-state index contributed by atoms with van der Waals surface area (Å²) in [5, 5.41) is 17.8. The van der Waals surface area contributed by atoms with Crippen LogP contribution in [0.4, 0.5) is 17.2 Å². The fraction of sp³-hybridized carbons (Fsp3) is 0.208. The highest BCUT2D eigenvalue weighted by atomic mass is 16.4. The van der Waals surface area contributed by atoms with Crippen LogP contribution in [0.5, 0.6) is 0 Å². The number of benzene rings is 1. The van der Waals surface area contributed by atoms with Crippen LogP contribution in [0.1, 0.15) is 16.8 Å². The number of anilines is 3. The van der Waals surface area contributed by atoms with Crippen molar-refractivity contribution in [3.05, 3.63) is 78.8 Å². The van der Waals surface area contributed by atoms with Crippen molar-refractivity contribution in [2.24, 2.45) is 0 Å². The van der Waals surface area contributed by atoms with Crippen LogP contribution in [-0.4, -0.2) is 70.1 Å². The molecule has 3 rings (SSSR count). The van der Waals surface area contributed by atoms with Crippen LogP contribution in [0.2, 0.25) is 0 Å². The van der Waals surface area contributed by atoms with Crippen molar-refractivity contribution in [1.29, 1.82) is 0 Å². The lowest BCUT2D eigenvalue weighted by molar-refractivity contribution is -0.159. The van der Waals surface area contributed by atoms with E-state index >= 15 is 0 Å². The lowest BCUT2D eigenvalue weighted by atomic mass is 10.2. The first kappa shape index (κ1) is 25.9. The van der Waals surface area contributed by atoms with E-state index in [1.807, 2.05) is 30.3 Å². The molecule has 3 N–H and O–H groups in total. The molecule has 1 aromatic carbocycles. The highest BCUT2D eigenvalue weighted by Gasteiger charge is 2.17. The van der Waals surface area contributed by atoms with E-state index in [1.54, 1.807) is 30.7 Å². The molecule has 0 aliphatic carbocycles. The summed E-state index contributed by atoms with van der Waals surface area (Å²) < 4.78 is 0. The van der Waals surface area contributed by atoms with Gasteiger partial charge in [0.15, 0.2) is 5.82 Å². The van der Waals surface area contributed by atoms with Gasteiger partial charge in [0, 0.05) is 30.8 Å². The van der Waals surface area contributed by atoms with Crippen LogP contribution in [0.3, 0.4) is 0 Å². The van der Waals surface area contributed by atoms with Gasteiger partial charge in [0.2, 0.25) is 0 Å². The Balaban J connectivity index is 0.000000604. The Labute approximate surface area is 197 Å². The molecule has 10 heteroatoms. The van der Waals surface area contributed by atoms with E-state index in [-0.39, 0.29) is 5.91 Å². The van der Waals surface area contributed by atoms with Crippen molar-refractivity contribution >= 4 is 35.0 Å². The van der Waals surface area contributed by atoms with Crippen molar-refractivity contribution in [2.75, 3.05) is 37.4 Å². The minimum absolute atomic E-state index is 0.205. The maximum atomic E-state index is 12.6. The molecule has 10 nitrogen and oxygen atoms in total. The van der Waals surface area contributed by atoms with E-state index < -0.39 is 11.9 Å². The van der Waals surface area contributed by atoms with Gasteiger partial charge in [-0.05, 0) is 63.5 Å². The van der Waals surface area contributed by atoms with Crippen molar-refractivity contribution in [2.45, 2.75) is 6.42 Å². The fourth-order valence-electron chi connectivity index (χ4n) is 2.91. The lowest BCUT2D eigenvalue weighted by Crippen LogP contribution is -2.25. The Morgan fingerprint density at radius 3 is 2.15 bits per heavy atom. The number of hydrogen-bond donors (Lipinski definition) is 3. The van der Waals surface area contributed by atoms with Gasteiger partial charge in [0.05, 0.1) is 11.3 Å². The molecule has 0 aliphatic rings. The Hall–Kier alpha value is -4.31. The van der Waals surface area contributed by atoms with E-state index in [1.165, 1.54) is 0 Å². The number of nitrogens with zero attached hydrogens (tertiary/aromatic N) is 4. The van der Waals surface area contributed by atoms with Crippen molar-refractivity contribution in [3.8, 4) is 0 Å². The number of para-hydroxylation sites is 1. The number of aromatic nitrogens is 2. The van der Waals surface area contributed by atoms with Crippen molar-refractivity contribution < 1.29 is 24.6 Å². The van der Waals surface area contributed by atoms with Gasteiger partial charge < -0.3 is 25.3 Å². The second-order valence-corrected chi connectivity index (χ2v) is 7.32. The van der Waals surface area contributed by atoms with Crippen molar-refractivity contribution in [1.82, 2.24) is 14.9 Å². The monoisotopic (exact) mass is 465 g/mol. The molecule has 0 saturated heterocycles. The number of nitrogens with one attached hydrogen (secondary N) is 1. The van der Waals surface area contributed by atoms with E-state index in [9.17, 15) is 4.79 Å². The molecule has 2 heterocycles. The number of carboxylic acid groups (broad SMARTS) is 2. The number of carbonyl (C=O) groups excluding carboxylic acids is 1. The molecule has 0 spiro atoms. The zero-order valence-corrected chi connectivity index (χ0v) is 19.0. The first-order valence-electron chi connectivity index (χ1n) is 10.4. The summed E-state index contributed by atoms with van der Waals surface area (Å²) in [6.07, 6.45) is 5.91. The summed E-state index contributed by atoms with van der Waals surface area (Å²) in [5.74, 6) is -3.13. The summed E-state index contributed by atoms with van der Waals surface area (Å²) in [6.45, 7) is 1.75. The van der Waals surface area contributed by atoms with Gasteiger partial charge in [-0.3, -0.25) is 9.78 Å². The molecule has 0 aliphatic heterocycles. The molecule has 0 atom stereocenters. The van der Waals surface area contributed by atoms with Crippen LogP contribution < -0.4 is 10.2 Å². The molecule has 0 saturated carbocycles. The summed E-state index contributed by atoms with van der Waals surface area (Å²) in [5.41, 5.74) is 2.22. The minimum atomic E-state index is -1.82. The van der Waals surface area contributed by atoms with Crippen LogP contribution in [0, 0.1) is 0 Å².